The molecule has 2 aliphatic rings. The first-order chi connectivity index (χ1) is 10.9. The van der Waals surface area contributed by atoms with Crippen molar-refractivity contribution in [2.45, 2.75) is 39.7 Å². The van der Waals surface area contributed by atoms with E-state index in [2.05, 4.69) is 34.8 Å². The van der Waals surface area contributed by atoms with Gasteiger partial charge < -0.3 is 15.1 Å². The van der Waals surface area contributed by atoms with Gasteiger partial charge in [-0.15, -0.1) is 0 Å². The molecule has 1 atom stereocenters. The van der Waals surface area contributed by atoms with Crippen molar-refractivity contribution in [1.29, 1.82) is 0 Å². The quantitative estimate of drug-likeness (QED) is 0.834. The molecular formula is C16H18N4O3. The molecule has 2 aromatic rings. The molecule has 120 valence electrons. The Labute approximate surface area is 133 Å². The molecule has 0 radical (unpaired) electrons. The van der Waals surface area contributed by atoms with Crippen molar-refractivity contribution in [2.24, 2.45) is 5.41 Å². The SMILES string of the molecule is Cc1ccc(C2Nc3nonc3NC3=C2C(=O)CC(C)(C)C3)o1. The highest BCUT2D eigenvalue weighted by atomic mass is 16.6. The third-order valence-corrected chi connectivity index (χ3v) is 4.29. The number of carbonyl (C=O) groups is 1. The van der Waals surface area contributed by atoms with E-state index in [9.17, 15) is 4.79 Å². The van der Waals surface area contributed by atoms with Crippen molar-refractivity contribution in [3.8, 4) is 0 Å². The Morgan fingerprint density at radius 1 is 1.22 bits per heavy atom. The highest BCUT2D eigenvalue weighted by Crippen LogP contribution is 2.44. The molecule has 2 N–H and O–H groups in total. The second-order valence-electron chi connectivity index (χ2n) is 6.95. The summed E-state index contributed by atoms with van der Waals surface area (Å²) in [5.74, 6) is 2.55. The molecule has 2 aromatic heterocycles. The van der Waals surface area contributed by atoms with Crippen LogP contribution >= 0.6 is 0 Å². The monoisotopic (exact) mass is 314 g/mol. The first kappa shape index (κ1) is 14.0. The summed E-state index contributed by atoms with van der Waals surface area (Å²) in [5.41, 5.74) is 1.44. The van der Waals surface area contributed by atoms with Gasteiger partial charge in [0.1, 0.15) is 17.6 Å². The number of nitrogens with zero attached hydrogens (tertiary/aromatic N) is 2. The van der Waals surface area contributed by atoms with Gasteiger partial charge in [-0.25, -0.2) is 4.63 Å². The van der Waals surface area contributed by atoms with E-state index in [0.717, 1.165) is 17.9 Å². The number of rotatable bonds is 1. The van der Waals surface area contributed by atoms with Crippen LogP contribution in [0.4, 0.5) is 11.6 Å². The average Bonchev–Trinajstić information content (AvgIpc) is 3.02. The number of Topliss-reactive ketones (excluding diaryl/α,β-unsaturated/α-hetero) is 1. The molecule has 0 spiro atoms. The minimum Gasteiger partial charge on any atom is -0.464 e. The Balaban J connectivity index is 1.87. The van der Waals surface area contributed by atoms with E-state index < -0.39 is 6.04 Å². The predicted octanol–water partition coefficient (Wildman–Crippen LogP) is 3.19. The molecule has 0 amide bonds. The van der Waals surface area contributed by atoms with E-state index in [1.54, 1.807) is 0 Å². The van der Waals surface area contributed by atoms with E-state index in [1.165, 1.54) is 0 Å². The van der Waals surface area contributed by atoms with E-state index in [4.69, 9.17) is 9.05 Å². The number of ketones is 1. The summed E-state index contributed by atoms with van der Waals surface area (Å²) < 4.78 is 10.6. The zero-order valence-corrected chi connectivity index (χ0v) is 13.3. The van der Waals surface area contributed by atoms with Crippen molar-refractivity contribution in [1.82, 2.24) is 10.3 Å². The van der Waals surface area contributed by atoms with Gasteiger partial charge in [0.25, 0.3) is 0 Å². The summed E-state index contributed by atoms with van der Waals surface area (Å²) in [5, 5.41) is 14.2. The van der Waals surface area contributed by atoms with Crippen LogP contribution < -0.4 is 10.6 Å². The fourth-order valence-corrected chi connectivity index (χ4v) is 3.32. The van der Waals surface area contributed by atoms with E-state index >= 15 is 0 Å². The maximum absolute atomic E-state index is 12.8. The summed E-state index contributed by atoms with van der Waals surface area (Å²) in [4.78, 5) is 12.8. The molecule has 1 aliphatic carbocycles. The van der Waals surface area contributed by atoms with Gasteiger partial charge in [-0.3, -0.25) is 4.79 Å². The van der Waals surface area contributed by atoms with Gasteiger partial charge in [0.15, 0.2) is 5.78 Å². The van der Waals surface area contributed by atoms with Crippen LogP contribution in [0.15, 0.2) is 32.4 Å². The molecule has 7 heteroatoms. The van der Waals surface area contributed by atoms with Crippen LogP contribution in [-0.4, -0.2) is 16.1 Å². The zero-order chi connectivity index (χ0) is 16.2. The first-order valence-corrected chi connectivity index (χ1v) is 7.62. The number of hydrogen-bond donors (Lipinski definition) is 2. The predicted molar refractivity (Wildman–Crippen MR) is 82.8 cm³/mol. The van der Waals surface area contributed by atoms with Crippen LogP contribution in [0.2, 0.25) is 0 Å². The lowest BCUT2D eigenvalue weighted by atomic mass is 9.74. The average molecular weight is 314 g/mol. The van der Waals surface area contributed by atoms with Crippen LogP contribution in [0, 0.1) is 12.3 Å². The molecule has 1 unspecified atom stereocenters. The number of hydrogen-bond acceptors (Lipinski definition) is 7. The van der Waals surface area contributed by atoms with Gasteiger partial charge in [-0.05, 0) is 41.2 Å². The third-order valence-electron chi connectivity index (χ3n) is 4.29. The Bertz CT molecular complexity index is 815. The fraction of sp³-hybridized carbons (Fsp3) is 0.438. The van der Waals surface area contributed by atoms with Crippen molar-refractivity contribution in [2.75, 3.05) is 10.6 Å². The van der Waals surface area contributed by atoms with Gasteiger partial charge in [-0.2, -0.15) is 0 Å². The largest absolute Gasteiger partial charge is 0.464 e. The highest BCUT2D eigenvalue weighted by molar-refractivity contribution is 6.00. The molecule has 0 fully saturated rings. The van der Waals surface area contributed by atoms with E-state index in [0.29, 0.717) is 29.4 Å². The van der Waals surface area contributed by atoms with Gasteiger partial charge >= 0.3 is 0 Å². The molecule has 0 saturated carbocycles. The summed E-state index contributed by atoms with van der Waals surface area (Å²) in [6, 6.07) is 3.36. The second kappa shape index (κ2) is 4.71. The molecule has 3 heterocycles. The van der Waals surface area contributed by atoms with Crippen LogP contribution in [0.5, 0.6) is 0 Å². The number of aromatic nitrogens is 2. The Hall–Kier alpha value is -2.57. The minimum atomic E-state index is -0.400. The van der Waals surface area contributed by atoms with Gasteiger partial charge in [0.2, 0.25) is 11.6 Å². The topological polar surface area (TPSA) is 93.2 Å². The fourth-order valence-electron chi connectivity index (χ4n) is 3.32. The number of furan rings is 1. The summed E-state index contributed by atoms with van der Waals surface area (Å²) in [6.07, 6.45) is 1.25. The van der Waals surface area contributed by atoms with Crippen molar-refractivity contribution < 1.29 is 13.8 Å². The Morgan fingerprint density at radius 2 is 2.00 bits per heavy atom. The van der Waals surface area contributed by atoms with Crippen molar-refractivity contribution in [3.63, 3.8) is 0 Å². The van der Waals surface area contributed by atoms with Crippen molar-refractivity contribution in [3.05, 3.63) is 34.9 Å². The van der Waals surface area contributed by atoms with Crippen LogP contribution in [0.3, 0.4) is 0 Å². The molecular weight excluding hydrogens is 296 g/mol. The summed E-state index contributed by atoms with van der Waals surface area (Å²) >= 11 is 0. The molecule has 0 aromatic carbocycles. The lowest BCUT2D eigenvalue weighted by Crippen LogP contribution is -2.31. The second-order valence-corrected chi connectivity index (χ2v) is 6.95. The summed E-state index contributed by atoms with van der Waals surface area (Å²) in [6.45, 7) is 6.05. The number of nitrogens with one attached hydrogen (secondary N) is 2. The molecule has 4 rings (SSSR count). The van der Waals surface area contributed by atoms with Gasteiger partial charge in [0, 0.05) is 17.7 Å². The van der Waals surface area contributed by atoms with E-state index in [1.807, 2.05) is 19.1 Å². The molecule has 7 nitrogen and oxygen atoms in total. The number of aryl methyl sites for hydroxylation is 1. The van der Waals surface area contributed by atoms with Gasteiger partial charge in [-0.1, -0.05) is 13.8 Å². The smallest absolute Gasteiger partial charge is 0.219 e. The Kier molecular flexibility index (Phi) is 2.88. The van der Waals surface area contributed by atoms with Gasteiger partial charge in [0.05, 0.1) is 0 Å². The lowest BCUT2D eigenvalue weighted by Gasteiger charge is -2.33. The molecule has 0 bridgehead atoms. The van der Waals surface area contributed by atoms with Crippen LogP contribution in [0.1, 0.15) is 44.3 Å². The third kappa shape index (κ3) is 2.32. The molecule has 1 aliphatic heterocycles. The number of carbonyl (C=O) groups excluding carboxylic acids is 1. The van der Waals surface area contributed by atoms with Crippen LogP contribution in [-0.2, 0) is 4.79 Å². The number of allylic oxidation sites excluding steroid dienone is 1. The summed E-state index contributed by atoms with van der Waals surface area (Å²) in [7, 11) is 0. The van der Waals surface area contributed by atoms with Crippen LogP contribution in [0.25, 0.3) is 0 Å². The normalized spacial score (nSPS) is 22.7. The number of anilines is 2. The Morgan fingerprint density at radius 3 is 2.74 bits per heavy atom. The maximum Gasteiger partial charge on any atom is 0.219 e. The molecule has 23 heavy (non-hydrogen) atoms. The maximum atomic E-state index is 12.8. The standard InChI is InChI=1S/C16H18N4O3/c1-8-4-5-11(22-8)13-12-9(6-16(2,3)7-10(12)21)17-14-15(18-13)20-23-19-14/h4-5,13H,6-7H2,1-3H3,(H,17,19)(H,18,20). The van der Waals surface area contributed by atoms with E-state index in [-0.39, 0.29) is 11.2 Å². The van der Waals surface area contributed by atoms with Crippen molar-refractivity contribution >= 4 is 17.4 Å². The number of fused-ring (bicyclic) bond motifs is 1. The zero-order valence-electron chi connectivity index (χ0n) is 13.3. The minimum absolute atomic E-state index is 0.103. The molecule has 0 saturated heterocycles. The lowest BCUT2D eigenvalue weighted by molar-refractivity contribution is -0.118. The first-order valence-electron chi connectivity index (χ1n) is 7.62. The highest BCUT2D eigenvalue weighted by Gasteiger charge is 2.40.